The Kier molecular flexibility index (Phi) is 31.9. The molecule has 2 fully saturated rings. The molecule has 2 aromatic rings. The van der Waals surface area contributed by atoms with Crippen LogP contribution in [0.25, 0.3) is 0 Å². The number of nitrogens with two attached hydrogens (primary N) is 3. The lowest BCUT2D eigenvalue weighted by molar-refractivity contribution is -0.147. The third-order valence-electron chi connectivity index (χ3n) is 14.9. The van der Waals surface area contributed by atoms with Gasteiger partial charge in [-0.1, -0.05) is 68.8 Å². The third kappa shape index (κ3) is 24.3. The molecular formula is C59H90N14O11S3. The molecule has 1 unspecified atom stereocenters. The van der Waals surface area contributed by atoms with Gasteiger partial charge in [-0.3, -0.25) is 38.4 Å². The van der Waals surface area contributed by atoms with E-state index in [-0.39, 0.29) is 68.5 Å². The molecule has 3 aliphatic rings. The van der Waals surface area contributed by atoms with Crippen molar-refractivity contribution < 1.29 is 53.1 Å². The zero-order valence-electron chi connectivity index (χ0n) is 50.0. The number of rotatable bonds is 25. The van der Waals surface area contributed by atoms with Crippen LogP contribution in [0, 0.1) is 11.8 Å². The van der Waals surface area contributed by atoms with Crippen LogP contribution < -0.4 is 59.7 Å². The molecule has 2 aromatic carbocycles. The zero-order chi connectivity index (χ0) is 63.1. The fraction of sp³-hybridized carbons (Fsp3) is 0.610. The summed E-state index contributed by atoms with van der Waals surface area (Å²) in [6.45, 7) is 7.82. The van der Waals surface area contributed by atoms with Gasteiger partial charge in [-0.05, 0) is 67.2 Å². The molecule has 0 spiro atoms. The highest BCUT2D eigenvalue weighted by molar-refractivity contribution is 7.99. The van der Waals surface area contributed by atoms with Gasteiger partial charge in [0.05, 0.1) is 11.8 Å². The van der Waals surface area contributed by atoms with E-state index < -0.39 is 95.5 Å². The van der Waals surface area contributed by atoms with Crippen LogP contribution in [0.5, 0.6) is 0 Å². The van der Waals surface area contributed by atoms with E-state index >= 15 is 0 Å². The largest absolute Gasteiger partial charge is 0.480 e. The van der Waals surface area contributed by atoms with Crippen LogP contribution in [-0.2, 0) is 66.8 Å². The molecule has 3 heterocycles. The standard InChI is InChI=1S/C59H90N14O11S3/c1-3-5-19-66-59(84)67-32-43-36-86-34-40-26-39(33-85-25-22-65-51(75)42(30-63-20-17-60)31-64-21-18-61)27-41(28-40)35-87-37-47(58(82)83)71-54(78)46(29-38-11-7-6-8-12-38)70-53(77)45(15-16-50(62)74)69-52(76)44(4-2)68-55(79)48-13-9-23-72(48)57(81)49-14-10-24-73(49)56(43)80/h6-8,11-12,26-28,32,42-49,63-64H,3-5,9-10,13-25,29-31,33-37,60-61H2,1-2H3,(H2,62,74)(H,65,75)(H,66,84)(H,68,79)(H,69,76)(H,70,77)(H,71,78)(H,82,83)/b67-32+/t43?,44-,45-,46-,47-,48-,49-/m0/s1. The van der Waals surface area contributed by atoms with Gasteiger partial charge >= 0.3 is 12.0 Å². The molecule has 87 heavy (non-hydrogen) atoms. The van der Waals surface area contributed by atoms with E-state index in [1.165, 1.54) is 39.5 Å². The Balaban J connectivity index is 1.48. The number of aliphatic imine (C=N–C) groups is 1. The zero-order valence-corrected chi connectivity index (χ0v) is 52.5. The SMILES string of the molecule is CCCCNC(=O)/N=C/C1CSCc2cc(CSCCNC(=O)C(CNCCN)CNCCN)cc(c2)CSC[C@@H](C(=O)O)NC(=O)[C@H](Cc2ccccc2)NC(=O)[C@H](CCC(N)=O)NC(=O)[C@H](CC)NC(=O)[C@@H]2CCCN2C(=O)[C@@H]2CCCN2C1=O. The average Bonchev–Trinajstić information content (AvgIpc) is 3.48. The van der Waals surface area contributed by atoms with Crippen LogP contribution in [0.3, 0.4) is 0 Å². The second kappa shape index (κ2) is 38.9. The Morgan fingerprint density at radius 2 is 1.34 bits per heavy atom. The molecular weight excluding hydrogens is 1180 g/mol. The molecule has 0 saturated carbocycles. The summed E-state index contributed by atoms with van der Waals surface area (Å²) in [6, 6.07) is 6.80. The molecule has 0 radical (unpaired) electrons. The predicted octanol–water partition coefficient (Wildman–Crippen LogP) is 0.349. The number of primary amides is 1. The smallest absolute Gasteiger partial charge is 0.340 e. The number of carboxylic acid groups (broad SMARTS) is 1. The van der Waals surface area contributed by atoms with Crippen molar-refractivity contribution in [2.24, 2.45) is 34.0 Å². The number of urea groups is 1. The number of carbonyl (C=O) groups excluding carboxylic acids is 9. The monoisotopic (exact) mass is 1270 g/mol. The fourth-order valence-corrected chi connectivity index (χ4v) is 13.0. The van der Waals surface area contributed by atoms with E-state index in [4.69, 9.17) is 17.2 Å². The molecule has 7 atom stereocenters. The normalized spacial score (nSPS) is 22.3. The number of amides is 10. The summed E-state index contributed by atoms with van der Waals surface area (Å²) in [7, 11) is 0. The first-order chi connectivity index (χ1) is 42.0. The Hall–Kier alpha value is -6.30. The molecule has 2 bridgehead atoms. The molecule has 10 amide bonds. The molecule has 3 aliphatic heterocycles. The van der Waals surface area contributed by atoms with Gasteiger partial charge in [0.15, 0.2) is 0 Å². The minimum Gasteiger partial charge on any atom is -0.480 e. The number of carboxylic acids is 1. The molecule has 2 saturated heterocycles. The maximum Gasteiger partial charge on any atom is 0.340 e. The number of thioether (sulfide) groups is 3. The Morgan fingerprint density at radius 1 is 0.736 bits per heavy atom. The summed E-state index contributed by atoms with van der Waals surface area (Å²) < 4.78 is 0. The number of unbranched alkanes of at least 4 members (excludes halogenated alkanes) is 1. The van der Waals surface area contributed by atoms with Crippen LogP contribution >= 0.6 is 35.3 Å². The number of nitrogens with one attached hydrogen (secondary N) is 8. The minimum atomic E-state index is -1.45. The van der Waals surface area contributed by atoms with Gasteiger partial charge in [-0.25, -0.2) is 14.6 Å². The van der Waals surface area contributed by atoms with E-state index in [9.17, 15) is 53.1 Å². The van der Waals surface area contributed by atoms with Crippen molar-refractivity contribution >= 4 is 101 Å². The third-order valence-corrected chi connectivity index (χ3v) is 18.1. The van der Waals surface area contributed by atoms with Crippen LogP contribution in [0.15, 0.2) is 53.5 Å². The van der Waals surface area contributed by atoms with Gasteiger partial charge in [0.2, 0.25) is 47.3 Å². The van der Waals surface area contributed by atoms with Gasteiger partial charge in [0.1, 0.15) is 36.3 Å². The number of hydrogen-bond acceptors (Lipinski definition) is 17. The first-order valence-corrected chi connectivity index (χ1v) is 33.6. The molecule has 15 N–H and O–H groups in total. The average molecular weight is 1270 g/mol. The van der Waals surface area contributed by atoms with Crippen molar-refractivity contribution in [1.82, 2.24) is 52.3 Å². The van der Waals surface area contributed by atoms with Crippen molar-refractivity contribution in [2.45, 2.75) is 132 Å². The van der Waals surface area contributed by atoms with Gasteiger partial charge in [-0.15, -0.1) is 0 Å². The highest BCUT2D eigenvalue weighted by Crippen LogP contribution is 2.29. The van der Waals surface area contributed by atoms with Gasteiger partial charge in [0.25, 0.3) is 0 Å². The Bertz CT molecular complexity index is 2630. The minimum absolute atomic E-state index is 0.0525. The lowest BCUT2D eigenvalue weighted by Gasteiger charge is -2.32. The summed E-state index contributed by atoms with van der Waals surface area (Å²) in [5.74, 6) is -5.45. The Labute approximate surface area is 522 Å². The van der Waals surface area contributed by atoms with Crippen LogP contribution in [-0.4, -0.2) is 199 Å². The summed E-state index contributed by atoms with van der Waals surface area (Å²) in [6.07, 6.45) is 3.84. The van der Waals surface area contributed by atoms with Gasteiger partial charge < -0.3 is 74.6 Å². The van der Waals surface area contributed by atoms with Crippen molar-refractivity contribution in [3.63, 3.8) is 0 Å². The topological polar surface area (TPSA) is 384 Å². The highest BCUT2D eigenvalue weighted by Gasteiger charge is 2.44. The van der Waals surface area contributed by atoms with Crippen molar-refractivity contribution in [2.75, 3.05) is 82.7 Å². The van der Waals surface area contributed by atoms with E-state index in [1.54, 1.807) is 49.0 Å². The number of hydrogen-bond donors (Lipinski definition) is 12. The van der Waals surface area contributed by atoms with E-state index in [2.05, 4.69) is 47.5 Å². The quantitative estimate of drug-likeness (QED) is 0.0471. The summed E-state index contributed by atoms with van der Waals surface area (Å²) in [5.41, 5.74) is 20.1. The highest BCUT2D eigenvalue weighted by atomic mass is 32.2. The lowest BCUT2D eigenvalue weighted by atomic mass is 10.0. The van der Waals surface area contributed by atoms with Crippen LogP contribution in [0.1, 0.15) is 93.9 Å². The molecule has 5 rings (SSSR count). The summed E-state index contributed by atoms with van der Waals surface area (Å²) in [5, 5.41) is 33.4. The molecule has 0 aromatic heterocycles. The lowest BCUT2D eigenvalue weighted by Crippen LogP contribution is -2.59. The molecule has 25 nitrogen and oxygen atoms in total. The number of benzene rings is 2. The van der Waals surface area contributed by atoms with Crippen LogP contribution in [0.4, 0.5) is 4.79 Å². The predicted molar refractivity (Wildman–Crippen MR) is 339 cm³/mol. The molecule has 480 valence electrons. The maximum absolute atomic E-state index is 14.8. The molecule has 0 aliphatic carbocycles. The fourth-order valence-electron chi connectivity index (χ4n) is 10.3. The second-order valence-electron chi connectivity index (χ2n) is 21.7. The Morgan fingerprint density at radius 3 is 1.98 bits per heavy atom. The van der Waals surface area contributed by atoms with E-state index in [0.717, 1.165) is 29.5 Å². The first-order valence-electron chi connectivity index (χ1n) is 30.1. The molecule has 28 heteroatoms. The first kappa shape index (κ1) is 71.5. The van der Waals surface area contributed by atoms with Crippen molar-refractivity contribution in [3.05, 3.63) is 70.8 Å². The number of nitrogens with zero attached hydrogens (tertiary/aromatic N) is 3. The van der Waals surface area contributed by atoms with Gasteiger partial charge in [0, 0.05) is 119 Å². The van der Waals surface area contributed by atoms with Crippen molar-refractivity contribution in [1.29, 1.82) is 0 Å². The summed E-state index contributed by atoms with van der Waals surface area (Å²) in [4.78, 5) is 145. The maximum atomic E-state index is 14.8. The number of fused-ring (bicyclic) bond motifs is 4. The number of aliphatic carboxylic acids is 1. The second-order valence-corrected chi connectivity index (χ2v) is 24.9. The number of carbonyl (C=O) groups is 10. The summed E-state index contributed by atoms with van der Waals surface area (Å²) >= 11 is 4.31. The van der Waals surface area contributed by atoms with E-state index in [1.807, 2.05) is 25.1 Å². The van der Waals surface area contributed by atoms with Crippen molar-refractivity contribution in [3.8, 4) is 0 Å². The van der Waals surface area contributed by atoms with Gasteiger partial charge in [-0.2, -0.15) is 35.3 Å². The van der Waals surface area contributed by atoms with Crippen LogP contribution in [0.2, 0.25) is 0 Å². The van der Waals surface area contributed by atoms with E-state index in [0.29, 0.717) is 100 Å².